The highest BCUT2D eigenvalue weighted by atomic mass is 19.2. The maximum Gasteiger partial charge on any atom is 0.146 e. The van der Waals surface area contributed by atoms with Gasteiger partial charge in [-0.15, -0.1) is 0 Å². The summed E-state index contributed by atoms with van der Waals surface area (Å²) >= 11 is 0. The predicted octanol–water partition coefficient (Wildman–Crippen LogP) is 1.05. The van der Waals surface area contributed by atoms with E-state index in [1.807, 2.05) is 0 Å². The molecular weight excluding hydrogens is 124 g/mol. The zero-order valence-corrected chi connectivity index (χ0v) is 5.45. The molecule has 3 heteroatoms. The van der Waals surface area contributed by atoms with Crippen LogP contribution in [0.4, 0.5) is 8.78 Å². The van der Waals surface area contributed by atoms with Crippen LogP contribution in [-0.4, -0.2) is 24.9 Å². The zero-order chi connectivity index (χ0) is 6.91. The minimum absolute atomic E-state index is 0.160. The van der Waals surface area contributed by atoms with E-state index in [-0.39, 0.29) is 13.0 Å². The summed E-state index contributed by atoms with van der Waals surface area (Å²) in [5, 5.41) is 2.78. The molecule has 0 radical (unpaired) electrons. The van der Waals surface area contributed by atoms with Crippen LogP contribution in [0.5, 0.6) is 0 Å². The lowest BCUT2D eigenvalue weighted by Crippen LogP contribution is -2.46. The first-order valence-corrected chi connectivity index (χ1v) is 3.16. The number of halogens is 2. The number of alkyl halides is 2. The van der Waals surface area contributed by atoms with Crippen LogP contribution < -0.4 is 5.32 Å². The van der Waals surface area contributed by atoms with Crippen molar-refractivity contribution in [2.75, 3.05) is 13.1 Å². The molecule has 0 amide bonds. The van der Waals surface area contributed by atoms with Gasteiger partial charge >= 0.3 is 0 Å². The van der Waals surface area contributed by atoms with Crippen molar-refractivity contribution >= 4 is 0 Å². The van der Waals surface area contributed by atoms with Crippen molar-refractivity contribution < 1.29 is 8.78 Å². The van der Waals surface area contributed by atoms with Crippen LogP contribution in [0, 0.1) is 0 Å². The highest BCUT2D eigenvalue weighted by Gasteiger charge is 2.36. The topological polar surface area (TPSA) is 12.0 Å². The first-order chi connectivity index (χ1) is 4.13. The van der Waals surface area contributed by atoms with Gasteiger partial charge in [-0.05, 0) is 19.9 Å². The van der Waals surface area contributed by atoms with Crippen molar-refractivity contribution in [1.82, 2.24) is 5.32 Å². The molecule has 1 saturated heterocycles. The van der Waals surface area contributed by atoms with Crippen LogP contribution in [-0.2, 0) is 0 Å². The Kier molecular flexibility index (Phi) is 1.70. The van der Waals surface area contributed by atoms with Crippen LogP contribution in [0.25, 0.3) is 0 Å². The molecule has 9 heavy (non-hydrogen) atoms. The number of rotatable bonds is 0. The Hall–Kier alpha value is -0.180. The lowest BCUT2D eigenvalue weighted by molar-refractivity contribution is 0.0390. The minimum Gasteiger partial charge on any atom is -0.314 e. The van der Waals surface area contributed by atoms with Gasteiger partial charge in [0, 0.05) is 6.54 Å². The Morgan fingerprint density at radius 2 is 2.33 bits per heavy atom. The predicted molar refractivity (Wildman–Crippen MR) is 31.9 cm³/mol. The number of hydrogen-bond acceptors (Lipinski definition) is 1. The maximum absolute atomic E-state index is 12.8. The normalized spacial score (nSPS) is 45.0. The molecule has 1 rings (SSSR count). The molecule has 1 aliphatic rings. The van der Waals surface area contributed by atoms with E-state index in [1.54, 1.807) is 0 Å². The lowest BCUT2D eigenvalue weighted by atomic mass is 9.95. The fraction of sp³-hybridized carbons (Fsp3) is 1.00. The van der Waals surface area contributed by atoms with Crippen molar-refractivity contribution in [3.8, 4) is 0 Å². The van der Waals surface area contributed by atoms with E-state index in [0.717, 1.165) is 0 Å². The third kappa shape index (κ3) is 1.39. The number of hydrogen-bond donors (Lipinski definition) is 1. The van der Waals surface area contributed by atoms with Crippen molar-refractivity contribution in [3.05, 3.63) is 0 Å². The largest absolute Gasteiger partial charge is 0.314 e. The van der Waals surface area contributed by atoms with Gasteiger partial charge in [0.25, 0.3) is 0 Å². The van der Waals surface area contributed by atoms with Crippen molar-refractivity contribution in [2.24, 2.45) is 0 Å². The summed E-state index contributed by atoms with van der Waals surface area (Å²) in [5.41, 5.74) is -1.59. The molecule has 0 aliphatic carbocycles. The molecule has 0 saturated carbocycles. The van der Waals surface area contributed by atoms with E-state index in [2.05, 4.69) is 5.32 Å². The molecule has 0 spiro atoms. The van der Waals surface area contributed by atoms with Crippen LogP contribution in [0.2, 0.25) is 0 Å². The van der Waals surface area contributed by atoms with Gasteiger partial charge in [-0.3, -0.25) is 0 Å². The SMILES string of the molecule is C[C@@]1(F)CCNC[C@H]1F. The Morgan fingerprint density at radius 1 is 1.67 bits per heavy atom. The quantitative estimate of drug-likeness (QED) is 0.523. The van der Waals surface area contributed by atoms with Crippen LogP contribution in [0.15, 0.2) is 0 Å². The fourth-order valence-electron chi connectivity index (χ4n) is 0.931. The van der Waals surface area contributed by atoms with Gasteiger partial charge < -0.3 is 5.32 Å². The summed E-state index contributed by atoms with van der Waals surface area (Å²) in [7, 11) is 0. The first kappa shape index (κ1) is 6.93. The van der Waals surface area contributed by atoms with E-state index in [0.29, 0.717) is 6.54 Å². The average Bonchev–Trinajstić information content (AvgIpc) is 1.77. The molecule has 2 atom stereocenters. The van der Waals surface area contributed by atoms with Gasteiger partial charge in [-0.1, -0.05) is 0 Å². The summed E-state index contributed by atoms with van der Waals surface area (Å²) in [6.07, 6.45) is -1.04. The zero-order valence-electron chi connectivity index (χ0n) is 5.45. The third-order valence-electron chi connectivity index (χ3n) is 1.77. The molecule has 1 N–H and O–H groups in total. The van der Waals surface area contributed by atoms with Crippen LogP contribution >= 0.6 is 0 Å². The van der Waals surface area contributed by atoms with E-state index >= 15 is 0 Å². The van der Waals surface area contributed by atoms with E-state index in [9.17, 15) is 8.78 Å². The standard InChI is InChI=1S/C6H11F2N/c1-6(8)2-3-9-4-5(6)7/h5,9H,2-4H2,1H3/t5-,6-/m1/s1. The average molecular weight is 135 g/mol. The summed E-state index contributed by atoms with van der Waals surface area (Å²) < 4.78 is 25.4. The second-order valence-electron chi connectivity index (χ2n) is 2.70. The molecule has 1 fully saturated rings. The monoisotopic (exact) mass is 135 g/mol. The second kappa shape index (κ2) is 2.21. The Bertz CT molecular complexity index is 103. The number of nitrogens with one attached hydrogen (secondary N) is 1. The Labute approximate surface area is 53.4 Å². The van der Waals surface area contributed by atoms with Gasteiger partial charge in [-0.2, -0.15) is 0 Å². The second-order valence-corrected chi connectivity index (χ2v) is 2.70. The molecule has 1 heterocycles. The Morgan fingerprint density at radius 3 is 2.67 bits per heavy atom. The summed E-state index contributed by atoms with van der Waals surface area (Å²) in [6, 6.07) is 0. The van der Waals surface area contributed by atoms with E-state index in [4.69, 9.17) is 0 Å². The Balaban J connectivity index is 2.49. The summed E-state index contributed by atoms with van der Waals surface area (Å²) in [4.78, 5) is 0. The first-order valence-electron chi connectivity index (χ1n) is 3.16. The molecular formula is C6H11F2N. The number of piperidine rings is 1. The molecule has 0 aromatic carbocycles. The van der Waals surface area contributed by atoms with Crippen LogP contribution in [0.3, 0.4) is 0 Å². The molecule has 0 aromatic heterocycles. The molecule has 54 valence electrons. The van der Waals surface area contributed by atoms with Gasteiger partial charge in [0.15, 0.2) is 0 Å². The third-order valence-corrected chi connectivity index (χ3v) is 1.77. The minimum atomic E-state index is -1.59. The van der Waals surface area contributed by atoms with Gasteiger partial charge in [0.05, 0.1) is 0 Å². The fourth-order valence-corrected chi connectivity index (χ4v) is 0.931. The maximum atomic E-state index is 12.8. The van der Waals surface area contributed by atoms with Crippen molar-refractivity contribution in [1.29, 1.82) is 0 Å². The molecule has 1 nitrogen and oxygen atoms in total. The van der Waals surface area contributed by atoms with E-state index in [1.165, 1.54) is 6.92 Å². The van der Waals surface area contributed by atoms with E-state index < -0.39 is 11.8 Å². The molecule has 1 aliphatic heterocycles. The van der Waals surface area contributed by atoms with Gasteiger partial charge in [0.1, 0.15) is 11.8 Å². The summed E-state index contributed by atoms with van der Waals surface area (Å²) in [5.74, 6) is 0. The highest BCUT2D eigenvalue weighted by molar-refractivity contribution is 4.88. The molecule has 0 unspecified atom stereocenters. The van der Waals surface area contributed by atoms with Crippen LogP contribution in [0.1, 0.15) is 13.3 Å². The van der Waals surface area contributed by atoms with Crippen molar-refractivity contribution in [3.63, 3.8) is 0 Å². The lowest BCUT2D eigenvalue weighted by Gasteiger charge is -2.29. The molecule has 0 aromatic rings. The van der Waals surface area contributed by atoms with Crippen molar-refractivity contribution in [2.45, 2.75) is 25.2 Å². The van der Waals surface area contributed by atoms with Gasteiger partial charge in [0.2, 0.25) is 0 Å². The smallest absolute Gasteiger partial charge is 0.146 e. The highest BCUT2D eigenvalue weighted by Crippen LogP contribution is 2.24. The van der Waals surface area contributed by atoms with Gasteiger partial charge in [-0.25, -0.2) is 8.78 Å². The summed E-state index contributed by atoms with van der Waals surface area (Å²) in [6.45, 7) is 2.07. The molecule has 0 bridgehead atoms.